The molecule has 0 saturated carbocycles. The van der Waals surface area contributed by atoms with Crippen molar-refractivity contribution in [3.63, 3.8) is 0 Å². The molecule has 14 heavy (non-hydrogen) atoms. The minimum atomic E-state index is -0.395. The van der Waals surface area contributed by atoms with Crippen molar-refractivity contribution < 1.29 is 9.18 Å². The largest absolute Gasteiger partial charge is 0.324 e. The third-order valence-electron chi connectivity index (χ3n) is 1.72. The molecular formula is C10H11BrFNO. The highest BCUT2D eigenvalue weighted by atomic mass is 79.9. The first kappa shape index (κ1) is 11.2. The van der Waals surface area contributed by atoms with Crippen molar-refractivity contribution in [3.05, 3.63) is 29.6 Å². The van der Waals surface area contributed by atoms with Crippen molar-refractivity contribution in [1.82, 2.24) is 0 Å². The maximum atomic E-state index is 13.2. The van der Waals surface area contributed by atoms with Gasteiger partial charge in [-0.1, -0.05) is 22.0 Å². The fourth-order valence-corrected chi connectivity index (χ4v) is 1.38. The fraction of sp³-hybridized carbons (Fsp3) is 0.300. The maximum Gasteiger partial charge on any atom is 0.225 e. The van der Waals surface area contributed by atoms with E-state index < -0.39 is 5.82 Å². The highest BCUT2D eigenvalue weighted by Gasteiger charge is 2.05. The van der Waals surface area contributed by atoms with E-state index in [9.17, 15) is 9.18 Å². The molecule has 0 spiro atoms. The number of carbonyl (C=O) groups is 1. The Kier molecular flexibility index (Phi) is 4.07. The molecule has 0 aromatic heterocycles. The van der Waals surface area contributed by atoms with Crippen molar-refractivity contribution in [3.8, 4) is 0 Å². The van der Waals surface area contributed by atoms with E-state index >= 15 is 0 Å². The number of benzene rings is 1. The number of hydrogen-bond acceptors (Lipinski definition) is 1. The lowest BCUT2D eigenvalue weighted by molar-refractivity contribution is -0.115. The molecule has 0 heterocycles. The number of anilines is 1. The Hall–Kier alpha value is -0.900. The van der Waals surface area contributed by atoms with E-state index in [0.717, 1.165) is 5.56 Å². The quantitative estimate of drug-likeness (QED) is 0.832. The third-order valence-corrected chi connectivity index (χ3v) is 2.12. The van der Waals surface area contributed by atoms with Crippen molar-refractivity contribution >= 4 is 27.5 Å². The summed E-state index contributed by atoms with van der Waals surface area (Å²) in [4.78, 5) is 11.1. The van der Waals surface area contributed by atoms with E-state index in [4.69, 9.17) is 0 Å². The number of nitrogens with one attached hydrogen (secondary N) is 1. The molecule has 0 radical (unpaired) electrons. The number of halogens is 2. The van der Waals surface area contributed by atoms with Crippen molar-refractivity contribution in [2.45, 2.75) is 13.3 Å². The molecular weight excluding hydrogens is 249 g/mol. The summed E-state index contributed by atoms with van der Waals surface area (Å²) in [5, 5.41) is 3.07. The smallest absolute Gasteiger partial charge is 0.225 e. The van der Waals surface area contributed by atoms with Gasteiger partial charge in [-0.2, -0.15) is 0 Å². The number of alkyl halides is 1. The predicted octanol–water partition coefficient (Wildman–Crippen LogP) is 2.86. The zero-order chi connectivity index (χ0) is 10.6. The summed E-state index contributed by atoms with van der Waals surface area (Å²) in [6.07, 6.45) is 0.341. The summed E-state index contributed by atoms with van der Waals surface area (Å²) in [6, 6.07) is 4.72. The van der Waals surface area contributed by atoms with Gasteiger partial charge in [0, 0.05) is 11.8 Å². The first-order valence-corrected chi connectivity index (χ1v) is 5.37. The van der Waals surface area contributed by atoms with E-state index in [1.54, 1.807) is 19.1 Å². The second kappa shape index (κ2) is 5.10. The van der Waals surface area contributed by atoms with E-state index in [1.165, 1.54) is 6.07 Å². The van der Waals surface area contributed by atoms with Crippen molar-refractivity contribution in [2.75, 3.05) is 10.6 Å². The molecule has 0 saturated heterocycles. The maximum absolute atomic E-state index is 13.2. The summed E-state index contributed by atoms with van der Waals surface area (Å²) < 4.78 is 13.2. The van der Waals surface area contributed by atoms with Crippen LogP contribution in [0.15, 0.2) is 18.2 Å². The van der Waals surface area contributed by atoms with Crippen LogP contribution in [0.5, 0.6) is 0 Å². The minimum Gasteiger partial charge on any atom is -0.324 e. The van der Waals surface area contributed by atoms with Crippen molar-refractivity contribution in [2.24, 2.45) is 0 Å². The van der Waals surface area contributed by atoms with Crippen LogP contribution in [0.1, 0.15) is 12.0 Å². The van der Waals surface area contributed by atoms with Gasteiger partial charge in [0.25, 0.3) is 0 Å². The molecule has 0 unspecified atom stereocenters. The molecule has 4 heteroatoms. The van der Waals surface area contributed by atoms with Crippen LogP contribution in [0.3, 0.4) is 0 Å². The molecule has 1 rings (SSSR count). The van der Waals surface area contributed by atoms with Crippen LogP contribution in [-0.2, 0) is 4.79 Å². The highest BCUT2D eigenvalue weighted by molar-refractivity contribution is 9.09. The van der Waals surface area contributed by atoms with Crippen LogP contribution in [0.4, 0.5) is 10.1 Å². The van der Waals surface area contributed by atoms with Crippen LogP contribution in [0.25, 0.3) is 0 Å². The lowest BCUT2D eigenvalue weighted by atomic mass is 10.2. The van der Waals surface area contributed by atoms with Gasteiger partial charge >= 0.3 is 0 Å². The van der Waals surface area contributed by atoms with Crippen LogP contribution in [-0.4, -0.2) is 11.2 Å². The monoisotopic (exact) mass is 259 g/mol. The SMILES string of the molecule is Cc1ccc(NC(=O)CCBr)c(F)c1. The topological polar surface area (TPSA) is 29.1 Å². The standard InChI is InChI=1S/C10H11BrFNO/c1-7-2-3-9(8(12)6-7)13-10(14)4-5-11/h2-3,6H,4-5H2,1H3,(H,13,14). The van der Waals surface area contributed by atoms with Gasteiger partial charge in [0.1, 0.15) is 5.82 Å². The van der Waals surface area contributed by atoms with Gasteiger partial charge in [-0.25, -0.2) is 4.39 Å². The van der Waals surface area contributed by atoms with E-state index in [-0.39, 0.29) is 11.6 Å². The lowest BCUT2D eigenvalue weighted by Crippen LogP contribution is -2.12. The third kappa shape index (κ3) is 3.10. The first-order valence-electron chi connectivity index (χ1n) is 4.25. The molecule has 0 aliphatic heterocycles. The Bertz CT molecular complexity index is 341. The summed E-state index contributed by atoms with van der Waals surface area (Å²) in [6.45, 7) is 1.80. The van der Waals surface area contributed by atoms with E-state index in [1.807, 2.05) is 0 Å². The van der Waals surface area contributed by atoms with Crippen LogP contribution >= 0.6 is 15.9 Å². The van der Waals surface area contributed by atoms with Gasteiger partial charge in [0.15, 0.2) is 0 Å². The molecule has 1 amide bonds. The summed E-state index contributed by atoms with van der Waals surface area (Å²) in [7, 11) is 0. The average molecular weight is 260 g/mol. The molecule has 2 nitrogen and oxygen atoms in total. The normalized spacial score (nSPS) is 9.93. The Morgan fingerprint density at radius 3 is 2.86 bits per heavy atom. The molecule has 1 N–H and O–H groups in total. The van der Waals surface area contributed by atoms with Crippen LogP contribution < -0.4 is 5.32 Å². The van der Waals surface area contributed by atoms with E-state index in [0.29, 0.717) is 11.8 Å². The van der Waals surface area contributed by atoms with Gasteiger partial charge in [-0.3, -0.25) is 4.79 Å². The fourth-order valence-electron chi connectivity index (χ4n) is 1.02. The average Bonchev–Trinajstić information content (AvgIpc) is 2.10. The number of rotatable bonds is 3. The molecule has 0 fully saturated rings. The summed E-state index contributed by atoms with van der Waals surface area (Å²) in [5.74, 6) is -0.586. The van der Waals surface area contributed by atoms with Crippen LogP contribution in [0.2, 0.25) is 0 Å². The molecule has 76 valence electrons. The Morgan fingerprint density at radius 1 is 1.57 bits per heavy atom. The van der Waals surface area contributed by atoms with Gasteiger partial charge in [-0.05, 0) is 24.6 Å². The lowest BCUT2D eigenvalue weighted by Gasteiger charge is -2.05. The number of carbonyl (C=O) groups excluding carboxylic acids is 1. The Labute approximate surface area is 90.6 Å². The Morgan fingerprint density at radius 2 is 2.29 bits per heavy atom. The predicted molar refractivity (Wildman–Crippen MR) is 58.2 cm³/mol. The van der Waals surface area contributed by atoms with Crippen molar-refractivity contribution in [1.29, 1.82) is 0 Å². The van der Waals surface area contributed by atoms with Gasteiger partial charge in [0.05, 0.1) is 5.69 Å². The van der Waals surface area contributed by atoms with Crippen LogP contribution in [0, 0.1) is 12.7 Å². The second-order valence-corrected chi connectivity index (χ2v) is 3.76. The minimum absolute atomic E-state index is 0.190. The molecule has 0 bridgehead atoms. The number of amides is 1. The second-order valence-electron chi connectivity index (χ2n) is 2.97. The zero-order valence-corrected chi connectivity index (χ0v) is 9.40. The van der Waals surface area contributed by atoms with Gasteiger partial charge in [-0.15, -0.1) is 0 Å². The number of aryl methyl sites for hydroxylation is 1. The zero-order valence-electron chi connectivity index (χ0n) is 7.81. The highest BCUT2D eigenvalue weighted by Crippen LogP contribution is 2.15. The molecule has 0 atom stereocenters. The number of hydrogen-bond donors (Lipinski definition) is 1. The molecule has 0 aliphatic carbocycles. The first-order chi connectivity index (χ1) is 6.63. The Balaban J connectivity index is 2.72. The molecule has 1 aromatic carbocycles. The molecule has 1 aromatic rings. The molecule has 0 aliphatic rings. The summed E-state index contributed by atoms with van der Waals surface area (Å²) >= 11 is 3.14. The van der Waals surface area contributed by atoms with E-state index in [2.05, 4.69) is 21.2 Å². The van der Waals surface area contributed by atoms with Gasteiger partial charge < -0.3 is 5.32 Å². The summed E-state index contributed by atoms with van der Waals surface area (Å²) in [5.41, 5.74) is 1.07. The van der Waals surface area contributed by atoms with Gasteiger partial charge in [0.2, 0.25) is 5.91 Å².